The average Bonchev–Trinajstić information content (AvgIpc) is 3.14. The Hall–Kier alpha value is -2.16. The fraction of sp³-hybridized carbons (Fsp3) is 0.318. The first kappa shape index (κ1) is 21.1. The Balaban J connectivity index is 1.87. The van der Waals surface area contributed by atoms with Crippen molar-refractivity contribution in [1.82, 2.24) is 4.98 Å². The maximum Gasteiger partial charge on any atom is 0.236 e. The molecule has 2 unspecified atom stereocenters. The molecule has 30 heavy (non-hydrogen) atoms. The number of sulfone groups is 1. The summed E-state index contributed by atoms with van der Waals surface area (Å²) in [5.41, 5.74) is 1.73. The topological polar surface area (TPSA) is 72.6 Å². The van der Waals surface area contributed by atoms with Crippen LogP contribution in [-0.2, 0) is 14.6 Å². The zero-order valence-electron chi connectivity index (χ0n) is 17.0. The summed E-state index contributed by atoms with van der Waals surface area (Å²) in [5.74, 6) is 0.559. The highest BCUT2D eigenvalue weighted by molar-refractivity contribution is 9.10. The molecule has 0 amide bonds. The quantitative estimate of drug-likeness (QED) is 0.519. The first-order chi connectivity index (χ1) is 14.3. The van der Waals surface area contributed by atoms with Crippen molar-refractivity contribution in [2.75, 3.05) is 18.0 Å². The van der Waals surface area contributed by atoms with Crippen LogP contribution in [0.4, 0.5) is 5.88 Å². The van der Waals surface area contributed by atoms with E-state index in [9.17, 15) is 8.42 Å². The number of ether oxygens (including phenoxy) is 1. The van der Waals surface area contributed by atoms with Gasteiger partial charge in [0.2, 0.25) is 26.6 Å². The molecule has 1 aliphatic heterocycles. The molecule has 2 heterocycles. The van der Waals surface area contributed by atoms with Crippen molar-refractivity contribution in [3.63, 3.8) is 0 Å². The van der Waals surface area contributed by atoms with Gasteiger partial charge in [-0.05, 0) is 56.7 Å². The van der Waals surface area contributed by atoms with Gasteiger partial charge in [0.1, 0.15) is 0 Å². The number of halogens is 1. The smallest absolute Gasteiger partial charge is 0.236 e. The molecule has 2 atom stereocenters. The number of hydrogen-bond donors (Lipinski definition) is 0. The number of benzene rings is 2. The lowest BCUT2D eigenvalue weighted by Crippen LogP contribution is -2.45. The highest BCUT2D eigenvalue weighted by atomic mass is 79.9. The lowest BCUT2D eigenvalue weighted by molar-refractivity contribution is -0.00657. The molecule has 1 aliphatic rings. The number of rotatable bonds is 4. The number of nitrogens with zero attached hydrogens (tertiary/aromatic N) is 2. The van der Waals surface area contributed by atoms with Gasteiger partial charge < -0.3 is 14.1 Å². The molecule has 0 saturated carbocycles. The molecule has 1 aromatic heterocycles. The number of oxazole rings is 1. The van der Waals surface area contributed by atoms with Crippen LogP contribution in [0.1, 0.15) is 19.4 Å². The first-order valence-corrected chi connectivity index (χ1v) is 12.0. The summed E-state index contributed by atoms with van der Waals surface area (Å²) < 4.78 is 39.7. The summed E-state index contributed by atoms with van der Waals surface area (Å²) in [6, 6.07) is 14.2. The molecule has 1 fully saturated rings. The van der Waals surface area contributed by atoms with E-state index in [1.807, 2.05) is 49.9 Å². The van der Waals surface area contributed by atoms with Crippen LogP contribution in [0.5, 0.6) is 0 Å². The molecule has 3 aromatic rings. The molecule has 0 aliphatic carbocycles. The van der Waals surface area contributed by atoms with Gasteiger partial charge in [0.15, 0.2) is 0 Å². The van der Waals surface area contributed by atoms with Crippen LogP contribution in [0.25, 0.3) is 11.5 Å². The minimum Gasteiger partial charge on any atom is -0.419 e. The lowest BCUT2D eigenvalue weighted by Gasteiger charge is -2.35. The van der Waals surface area contributed by atoms with Gasteiger partial charge in [0, 0.05) is 23.1 Å². The molecule has 1 saturated heterocycles. The van der Waals surface area contributed by atoms with Gasteiger partial charge in [0.05, 0.1) is 17.1 Å². The number of aromatic nitrogens is 1. The van der Waals surface area contributed by atoms with Crippen LogP contribution >= 0.6 is 15.9 Å². The van der Waals surface area contributed by atoms with Crippen LogP contribution in [0.15, 0.2) is 67.3 Å². The van der Waals surface area contributed by atoms with E-state index in [0.717, 1.165) is 15.6 Å². The highest BCUT2D eigenvalue weighted by Gasteiger charge is 2.34. The zero-order valence-corrected chi connectivity index (χ0v) is 19.4. The largest absolute Gasteiger partial charge is 0.419 e. The van der Waals surface area contributed by atoms with E-state index in [1.165, 1.54) is 0 Å². The van der Waals surface area contributed by atoms with E-state index in [2.05, 4.69) is 20.9 Å². The van der Waals surface area contributed by atoms with Gasteiger partial charge in [-0.1, -0.05) is 34.1 Å². The van der Waals surface area contributed by atoms with Gasteiger partial charge in [-0.2, -0.15) is 4.98 Å². The summed E-state index contributed by atoms with van der Waals surface area (Å²) in [4.78, 5) is 6.58. The SMILES string of the molecule is Cc1ccccc1-c1nc(S(=O)(=O)c2ccc(Br)cc2)c(N2CC(C)OC(C)C2)o1. The van der Waals surface area contributed by atoms with Crippen LogP contribution in [-0.4, -0.2) is 38.7 Å². The normalized spacial score (nSPS) is 19.8. The van der Waals surface area contributed by atoms with Gasteiger partial charge in [-0.15, -0.1) is 0 Å². The van der Waals surface area contributed by atoms with E-state index in [1.54, 1.807) is 24.3 Å². The second kappa shape index (κ2) is 8.17. The van der Waals surface area contributed by atoms with E-state index in [4.69, 9.17) is 9.15 Å². The average molecular weight is 491 g/mol. The standard InChI is InChI=1S/C22H23BrN2O4S/c1-14-6-4-5-7-19(14)20-24-21(30(26,27)18-10-8-17(23)9-11-18)22(29-20)25-12-15(2)28-16(3)13-25/h4-11,15-16H,12-13H2,1-3H3. The Labute approximate surface area is 184 Å². The van der Waals surface area contributed by atoms with Crippen LogP contribution in [0, 0.1) is 6.92 Å². The summed E-state index contributed by atoms with van der Waals surface area (Å²) in [6.07, 6.45) is -0.104. The van der Waals surface area contributed by atoms with Crippen molar-refractivity contribution in [3.05, 3.63) is 58.6 Å². The number of morpholine rings is 1. The third kappa shape index (κ3) is 4.04. The molecule has 0 N–H and O–H groups in total. The zero-order chi connectivity index (χ0) is 21.5. The summed E-state index contributed by atoms with van der Waals surface area (Å²) in [7, 11) is -3.88. The molecule has 0 bridgehead atoms. The van der Waals surface area contributed by atoms with Crippen molar-refractivity contribution in [2.24, 2.45) is 0 Å². The van der Waals surface area contributed by atoms with E-state index in [0.29, 0.717) is 19.0 Å². The second-order valence-electron chi connectivity index (χ2n) is 7.56. The Kier molecular flexibility index (Phi) is 5.74. The van der Waals surface area contributed by atoms with E-state index in [-0.39, 0.29) is 28.0 Å². The summed E-state index contributed by atoms with van der Waals surface area (Å²) in [5, 5.41) is -0.0654. The molecule has 6 nitrogen and oxygen atoms in total. The molecule has 158 valence electrons. The van der Waals surface area contributed by atoms with Crippen LogP contribution < -0.4 is 4.90 Å². The number of aryl methyl sites for hydroxylation is 1. The van der Waals surface area contributed by atoms with E-state index < -0.39 is 9.84 Å². The minimum atomic E-state index is -3.88. The van der Waals surface area contributed by atoms with Crippen molar-refractivity contribution < 1.29 is 17.6 Å². The third-order valence-corrected chi connectivity index (χ3v) is 7.24. The first-order valence-electron chi connectivity index (χ1n) is 9.73. The maximum atomic E-state index is 13.5. The Morgan fingerprint density at radius 2 is 1.67 bits per heavy atom. The second-order valence-corrected chi connectivity index (χ2v) is 10.3. The van der Waals surface area contributed by atoms with Gasteiger partial charge in [-0.25, -0.2) is 8.42 Å². The Bertz CT molecular complexity index is 1150. The molecule has 0 spiro atoms. The highest BCUT2D eigenvalue weighted by Crippen LogP contribution is 2.36. The fourth-order valence-corrected chi connectivity index (χ4v) is 5.26. The molecule has 0 radical (unpaired) electrons. The third-order valence-electron chi connectivity index (χ3n) is 5.04. The lowest BCUT2D eigenvalue weighted by atomic mass is 10.1. The van der Waals surface area contributed by atoms with Crippen LogP contribution in [0.2, 0.25) is 0 Å². The fourth-order valence-electron chi connectivity index (χ4n) is 3.67. The molecule has 8 heteroatoms. The molecular weight excluding hydrogens is 468 g/mol. The van der Waals surface area contributed by atoms with Gasteiger partial charge in [0.25, 0.3) is 0 Å². The molecule has 4 rings (SSSR count). The van der Waals surface area contributed by atoms with Crippen molar-refractivity contribution >= 4 is 31.7 Å². The van der Waals surface area contributed by atoms with Crippen molar-refractivity contribution in [2.45, 2.75) is 42.9 Å². The van der Waals surface area contributed by atoms with Gasteiger partial charge >= 0.3 is 0 Å². The van der Waals surface area contributed by atoms with Crippen molar-refractivity contribution in [3.8, 4) is 11.5 Å². The predicted octanol–water partition coefficient (Wildman–Crippen LogP) is 4.86. The molecule has 2 aromatic carbocycles. The minimum absolute atomic E-state index is 0.0519. The Morgan fingerprint density at radius 1 is 1.03 bits per heavy atom. The number of anilines is 1. The van der Waals surface area contributed by atoms with Gasteiger partial charge in [-0.3, -0.25) is 0 Å². The number of hydrogen-bond acceptors (Lipinski definition) is 6. The van der Waals surface area contributed by atoms with E-state index >= 15 is 0 Å². The van der Waals surface area contributed by atoms with Crippen molar-refractivity contribution in [1.29, 1.82) is 0 Å². The summed E-state index contributed by atoms with van der Waals surface area (Å²) >= 11 is 3.35. The monoisotopic (exact) mass is 490 g/mol. The predicted molar refractivity (Wildman–Crippen MR) is 118 cm³/mol. The summed E-state index contributed by atoms with van der Waals surface area (Å²) in [6.45, 7) is 6.92. The van der Waals surface area contributed by atoms with Crippen LogP contribution in [0.3, 0.4) is 0 Å². The Morgan fingerprint density at radius 3 is 2.30 bits per heavy atom. The maximum absolute atomic E-state index is 13.5. The molecular formula is C22H23BrN2O4S.